The van der Waals surface area contributed by atoms with Gasteiger partial charge in [-0.05, 0) is 13.0 Å². The molecule has 0 radical (unpaired) electrons. The number of thiophene rings is 1. The van der Waals surface area contributed by atoms with Gasteiger partial charge in [-0.1, -0.05) is 5.16 Å². The molecule has 0 aliphatic heterocycles. The van der Waals surface area contributed by atoms with Crippen LogP contribution in [0.1, 0.15) is 4.88 Å². The second-order valence-electron chi connectivity index (χ2n) is 3.65. The highest BCUT2D eigenvalue weighted by Gasteiger charge is 2.15. The van der Waals surface area contributed by atoms with Crippen molar-refractivity contribution in [1.82, 2.24) is 20.1 Å². The predicted molar refractivity (Wildman–Crippen MR) is 67.8 cm³/mol. The van der Waals surface area contributed by atoms with E-state index in [4.69, 9.17) is 10.3 Å². The Bertz CT molecular complexity index is 676. The van der Waals surface area contributed by atoms with Crippen molar-refractivity contribution < 1.29 is 4.52 Å². The third-order valence-corrected chi connectivity index (χ3v) is 3.21. The van der Waals surface area contributed by atoms with Crippen LogP contribution in [0.3, 0.4) is 0 Å². The molecule has 0 saturated carbocycles. The van der Waals surface area contributed by atoms with Crippen LogP contribution in [-0.4, -0.2) is 20.1 Å². The van der Waals surface area contributed by atoms with Gasteiger partial charge in [-0.25, -0.2) is 4.98 Å². The summed E-state index contributed by atoms with van der Waals surface area (Å²) >= 11 is 1.49. The van der Waals surface area contributed by atoms with Crippen LogP contribution in [0.15, 0.2) is 29.2 Å². The predicted octanol–water partition coefficient (Wildman–Crippen LogP) is 2.15. The van der Waals surface area contributed by atoms with Gasteiger partial charge in [0.2, 0.25) is 5.82 Å². The first-order chi connectivity index (χ1) is 8.74. The fraction of sp³-hybridized carbons (Fsp3) is 0.0909. The molecule has 0 fully saturated rings. The Kier molecular flexibility index (Phi) is 2.52. The zero-order chi connectivity index (χ0) is 12.5. The highest BCUT2D eigenvalue weighted by atomic mass is 32.1. The molecule has 0 bridgehead atoms. The van der Waals surface area contributed by atoms with Crippen LogP contribution in [0, 0.1) is 6.92 Å². The van der Waals surface area contributed by atoms with Crippen molar-refractivity contribution in [3.05, 3.63) is 29.5 Å². The van der Waals surface area contributed by atoms with Crippen molar-refractivity contribution in [2.75, 3.05) is 5.73 Å². The summed E-state index contributed by atoms with van der Waals surface area (Å²) in [4.78, 5) is 13.4. The van der Waals surface area contributed by atoms with Crippen LogP contribution in [-0.2, 0) is 0 Å². The minimum absolute atomic E-state index is 0.400. The zero-order valence-electron chi connectivity index (χ0n) is 9.49. The molecule has 0 amide bonds. The summed E-state index contributed by atoms with van der Waals surface area (Å²) in [5.41, 5.74) is 7.22. The van der Waals surface area contributed by atoms with Gasteiger partial charge in [0.05, 0.1) is 16.8 Å². The normalized spacial score (nSPS) is 10.7. The molecule has 0 saturated heterocycles. The van der Waals surface area contributed by atoms with Crippen LogP contribution in [0.2, 0.25) is 0 Å². The quantitative estimate of drug-likeness (QED) is 0.758. The van der Waals surface area contributed by atoms with Crippen LogP contribution >= 0.6 is 11.3 Å². The van der Waals surface area contributed by atoms with Crippen LogP contribution in [0.25, 0.3) is 23.0 Å². The summed E-state index contributed by atoms with van der Waals surface area (Å²) in [6.07, 6.45) is 4.75. The molecule has 3 aromatic heterocycles. The Hall–Kier alpha value is -2.28. The number of rotatable bonds is 2. The van der Waals surface area contributed by atoms with Crippen LogP contribution in [0.5, 0.6) is 0 Å². The lowest BCUT2D eigenvalue weighted by Crippen LogP contribution is -1.87. The average Bonchev–Trinajstić information content (AvgIpc) is 2.97. The Morgan fingerprint density at radius 2 is 2.22 bits per heavy atom. The van der Waals surface area contributed by atoms with Gasteiger partial charge in [0.25, 0.3) is 5.89 Å². The van der Waals surface area contributed by atoms with Crippen molar-refractivity contribution in [2.24, 2.45) is 0 Å². The standard InChI is InChI=1S/C11H9N5OS/c1-6-4-7(9(12)18-6)11-15-10(16-17-11)8-5-13-2-3-14-8/h2-5H,12H2,1H3. The summed E-state index contributed by atoms with van der Waals surface area (Å²) in [5, 5.41) is 4.54. The number of nitrogens with two attached hydrogens (primary N) is 1. The number of nitrogens with zero attached hydrogens (tertiary/aromatic N) is 4. The number of hydrogen-bond donors (Lipinski definition) is 1. The highest BCUT2D eigenvalue weighted by molar-refractivity contribution is 7.16. The maximum absolute atomic E-state index is 5.88. The summed E-state index contributed by atoms with van der Waals surface area (Å²) in [6, 6.07) is 1.92. The van der Waals surface area contributed by atoms with Gasteiger partial charge < -0.3 is 10.3 Å². The molecule has 0 aromatic carbocycles. The fourth-order valence-corrected chi connectivity index (χ4v) is 2.33. The minimum Gasteiger partial charge on any atom is -0.390 e. The molecule has 3 heterocycles. The molecule has 18 heavy (non-hydrogen) atoms. The first-order valence-electron chi connectivity index (χ1n) is 5.20. The van der Waals surface area contributed by atoms with E-state index in [2.05, 4.69) is 20.1 Å². The van der Waals surface area contributed by atoms with Crippen LogP contribution < -0.4 is 5.73 Å². The van der Waals surface area contributed by atoms with Gasteiger partial charge in [-0.15, -0.1) is 11.3 Å². The summed E-state index contributed by atoms with van der Waals surface area (Å²) in [6.45, 7) is 1.98. The topological polar surface area (TPSA) is 90.7 Å². The van der Waals surface area contributed by atoms with E-state index in [1.807, 2.05) is 13.0 Å². The molecule has 0 unspecified atom stereocenters. The molecular formula is C11H9N5OS. The molecular weight excluding hydrogens is 250 g/mol. The number of anilines is 1. The molecule has 0 aliphatic carbocycles. The Morgan fingerprint density at radius 1 is 1.33 bits per heavy atom. The fourth-order valence-electron chi connectivity index (χ4n) is 1.55. The van der Waals surface area contributed by atoms with Gasteiger partial charge in [0.15, 0.2) is 0 Å². The van der Waals surface area contributed by atoms with Gasteiger partial charge >= 0.3 is 0 Å². The van der Waals surface area contributed by atoms with E-state index in [0.29, 0.717) is 22.4 Å². The number of nitrogen functional groups attached to an aromatic ring is 1. The van der Waals surface area contributed by atoms with E-state index >= 15 is 0 Å². The van der Waals surface area contributed by atoms with E-state index in [-0.39, 0.29) is 0 Å². The second kappa shape index (κ2) is 4.19. The average molecular weight is 259 g/mol. The Balaban J connectivity index is 2.02. The van der Waals surface area contributed by atoms with Gasteiger partial charge in [0, 0.05) is 17.3 Å². The first kappa shape index (κ1) is 10.8. The van der Waals surface area contributed by atoms with Gasteiger partial charge in [-0.3, -0.25) is 4.98 Å². The third kappa shape index (κ3) is 1.84. The molecule has 2 N–H and O–H groups in total. The summed E-state index contributed by atoms with van der Waals surface area (Å²) in [5.74, 6) is 0.804. The molecule has 0 atom stereocenters. The largest absolute Gasteiger partial charge is 0.390 e. The molecule has 3 rings (SSSR count). The van der Waals surface area contributed by atoms with Crippen molar-refractivity contribution in [3.8, 4) is 23.0 Å². The minimum atomic E-state index is 0.400. The molecule has 6 nitrogen and oxygen atoms in total. The van der Waals surface area contributed by atoms with Crippen molar-refractivity contribution in [3.63, 3.8) is 0 Å². The smallest absolute Gasteiger partial charge is 0.261 e. The van der Waals surface area contributed by atoms with Gasteiger partial charge in [-0.2, -0.15) is 4.98 Å². The molecule has 7 heteroatoms. The number of aromatic nitrogens is 4. The monoisotopic (exact) mass is 259 g/mol. The Labute approximate surface area is 107 Å². The van der Waals surface area contributed by atoms with Crippen molar-refractivity contribution >= 4 is 16.3 Å². The number of aryl methyl sites for hydroxylation is 1. The lowest BCUT2D eigenvalue weighted by atomic mass is 10.3. The van der Waals surface area contributed by atoms with Crippen molar-refractivity contribution in [1.29, 1.82) is 0 Å². The molecule has 0 spiro atoms. The lowest BCUT2D eigenvalue weighted by molar-refractivity contribution is 0.432. The summed E-state index contributed by atoms with van der Waals surface area (Å²) < 4.78 is 5.20. The zero-order valence-corrected chi connectivity index (χ0v) is 10.3. The number of hydrogen-bond acceptors (Lipinski definition) is 7. The van der Waals surface area contributed by atoms with E-state index in [0.717, 1.165) is 10.4 Å². The highest BCUT2D eigenvalue weighted by Crippen LogP contribution is 2.33. The first-order valence-corrected chi connectivity index (χ1v) is 6.02. The van der Waals surface area contributed by atoms with Gasteiger partial charge in [0.1, 0.15) is 5.69 Å². The third-order valence-electron chi connectivity index (χ3n) is 2.33. The van der Waals surface area contributed by atoms with E-state index in [9.17, 15) is 0 Å². The molecule has 90 valence electrons. The maximum Gasteiger partial charge on any atom is 0.261 e. The van der Waals surface area contributed by atoms with Crippen LogP contribution in [0.4, 0.5) is 5.00 Å². The molecule has 0 aliphatic rings. The van der Waals surface area contributed by atoms with E-state index in [1.165, 1.54) is 11.3 Å². The maximum atomic E-state index is 5.88. The van der Waals surface area contributed by atoms with Crippen molar-refractivity contribution in [2.45, 2.75) is 6.92 Å². The summed E-state index contributed by atoms with van der Waals surface area (Å²) in [7, 11) is 0. The second-order valence-corrected chi connectivity index (χ2v) is 4.94. The Morgan fingerprint density at radius 3 is 2.89 bits per heavy atom. The van der Waals surface area contributed by atoms with E-state index in [1.54, 1.807) is 18.6 Å². The molecule has 3 aromatic rings. The van der Waals surface area contributed by atoms with E-state index < -0.39 is 0 Å². The SMILES string of the molecule is Cc1cc(-c2nc(-c3cnccn3)no2)c(N)s1. The lowest BCUT2D eigenvalue weighted by Gasteiger charge is -1.90.